The molecule has 1 atom stereocenters. The van der Waals surface area contributed by atoms with Crippen molar-refractivity contribution in [1.82, 2.24) is 5.32 Å². The number of hydrogen-bond acceptors (Lipinski definition) is 2. The lowest BCUT2D eigenvalue weighted by Gasteiger charge is -2.14. The van der Waals surface area contributed by atoms with Crippen molar-refractivity contribution >= 4 is 17.5 Å². The molecule has 0 fully saturated rings. The van der Waals surface area contributed by atoms with Gasteiger partial charge >= 0.3 is 0 Å². The summed E-state index contributed by atoms with van der Waals surface area (Å²) in [5, 5.41) is 3.92. The molecule has 0 heterocycles. The highest BCUT2D eigenvalue weighted by atomic mass is 35.5. The van der Waals surface area contributed by atoms with Gasteiger partial charge < -0.3 is 11.1 Å². The molecule has 4 heteroatoms. The van der Waals surface area contributed by atoms with Crippen molar-refractivity contribution < 1.29 is 4.79 Å². The molecule has 3 N–H and O–H groups in total. The summed E-state index contributed by atoms with van der Waals surface area (Å²) in [6, 6.07) is 7.76. The fourth-order valence-electron chi connectivity index (χ4n) is 1.35. The first kappa shape index (κ1) is 12.0. The third kappa shape index (κ3) is 3.90. The maximum absolute atomic E-state index is 10.5. The van der Waals surface area contributed by atoms with E-state index in [1.165, 1.54) is 0 Å². The molecule has 3 nitrogen and oxygen atoms in total. The molecule has 15 heavy (non-hydrogen) atoms. The largest absolute Gasteiger partial charge is 0.370 e. The van der Waals surface area contributed by atoms with Gasteiger partial charge in [0.15, 0.2) is 0 Å². The van der Waals surface area contributed by atoms with Gasteiger partial charge in [0.1, 0.15) is 0 Å². The van der Waals surface area contributed by atoms with Gasteiger partial charge in [0, 0.05) is 24.0 Å². The molecule has 1 aromatic rings. The fourth-order valence-corrected chi connectivity index (χ4v) is 1.65. The van der Waals surface area contributed by atoms with Gasteiger partial charge in [0.25, 0.3) is 0 Å². The van der Waals surface area contributed by atoms with Crippen LogP contribution in [0.25, 0.3) is 0 Å². The Balaban J connectivity index is 2.50. The predicted octanol–water partition coefficient (Wildman–Crippen LogP) is 1.87. The van der Waals surface area contributed by atoms with Gasteiger partial charge in [-0.3, -0.25) is 4.79 Å². The van der Waals surface area contributed by atoms with E-state index in [9.17, 15) is 4.79 Å². The number of hydrogen-bond donors (Lipinski definition) is 2. The molecule has 1 aromatic carbocycles. The van der Waals surface area contributed by atoms with E-state index in [1.54, 1.807) is 0 Å². The van der Waals surface area contributed by atoms with Crippen molar-refractivity contribution in [2.24, 2.45) is 5.73 Å². The summed E-state index contributed by atoms with van der Waals surface area (Å²) in [5.41, 5.74) is 6.07. The minimum Gasteiger partial charge on any atom is -0.370 e. The van der Waals surface area contributed by atoms with Crippen LogP contribution in [-0.2, 0) is 4.79 Å². The molecular weight excluding hydrogens is 212 g/mol. The normalized spacial score (nSPS) is 12.4. The smallest absolute Gasteiger partial charge is 0.218 e. The summed E-state index contributed by atoms with van der Waals surface area (Å²) in [6.45, 7) is 2.57. The highest BCUT2D eigenvalue weighted by Gasteiger charge is 2.07. The number of carbonyl (C=O) groups is 1. The van der Waals surface area contributed by atoms with Crippen molar-refractivity contribution in [3.05, 3.63) is 34.9 Å². The van der Waals surface area contributed by atoms with Gasteiger partial charge in [-0.1, -0.05) is 29.8 Å². The molecule has 0 aliphatic heterocycles. The van der Waals surface area contributed by atoms with Gasteiger partial charge in [0.2, 0.25) is 5.91 Å². The van der Waals surface area contributed by atoms with Crippen LogP contribution in [0.4, 0.5) is 0 Å². The van der Waals surface area contributed by atoms with Crippen LogP contribution in [0.15, 0.2) is 24.3 Å². The van der Waals surface area contributed by atoms with Crippen LogP contribution in [0.2, 0.25) is 5.02 Å². The molecule has 0 radical (unpaired) electrons. The van der Waals surface area contributed by atoms with Gasteiger partial charge in [0.05, 0.1) is 0 Å². The monoisotopic (exact) mass is 226 g/mol. The molecular formula is C11H15ClN2O. The van der Waals surface area contributed by atoms with Crippen LogP contribution in [0.5, 0.6) is 0 Å². The molecule has 0 bridgehead atoms. The van der Waals surface area contributed by atoms with Crippen molar-refractivity contribution in [2.75, 3.05) is 6.54 Å². The lowest BCUT2D eigenvalue weighted by atomic mass is 10.1. The van der Waals surface area contributed by atoms with Crippen molar-refractivity contribution in [2.45, 2.75) is 19.4 Å². The van der Waals surface area contributed by atoms with E-state index in [0.717, 1.165) is 10.6 Å². The highest BCUT2D eigenvalue weighted by molar-refractivity contribution is 6.31. The second-order valence-corrected chi connectivity index (χ2v) is 3.82. The first-order valence-electron chi connectivity index (χ1n) is 4.87. The minimum absolute atomic E-state index is 0.123. The molecule has 82 valence electrons. The quantitative estimate of drug-likeness (QED) is 0.806. The molecule has 0 saturated carbocycles. The molecule has 0 aliphatic rings. The second-order valence-electron chi connectivity index (χ2n) is 3.41. The van der Waals surface area contributed by atoms with E-state index in [-0.39, 0.29) is 11.9 Å². The number of rotatable bonds is 5. The SMILES string of the molecule is CC(NCCC(N)=O)c1ccccc1Cl. The Labute approximate surface area is 94.6 Å². The summed E-state index contributed by atoms with van der Waals surface area (Å²) >= 11 is 6.03. The Bertz CT molecular complexity index is 341. The zero-order valence-electron chi connectivity index (χ0n) is 8.66. The topological polar surface area (TPSA) is 55.1 Å². The van der Waals surface area contributed by atoms with Crippen molar-refractivity contribution in [3.8, 4) is 0 Å². The average Bonchev–Trinajstić information content (AvgIpc) is 2.17. The van der Waals surface area contributed by atoms with E-state index in [1.807, 2.05) is 31.2 Å². The van der Waals surface area contributed by atoms with Gasteiger partial charge in [-0.2, -0.15) is 0 Å². The Morgan fingerprint density at radius 1 is 1.53 bits per heavy atom. The predicted molar refractivity (Wildman–Crippen MR) is 61.7 cm³/mol. The number of amides is 1. The zero-order valence-corrected chi connectivity index (χ0v) is 9.42. The van der Waals surface area contributed by atoms with Gasteiger partial charge in [-0.25, -0.2) is 0 Å². The molecule has 0 aliphatic carbocycles. The van der Waals surface area contributed by atoms with E-state index in [4.69, 9.17) is 17.3 Å². The number of primary amides is 1. The number of nitrogens with one attached hydrogen (secondary N) is 1. The van der Waals surface area contributed by atoms with Crippen LogP contribution in [0.1, 0.15) is 24.9 Å². The number of carbonyl (C=O) groups excluding carboxylic acids is 1. The average molecular weight is 227 g/mol. The van der Waals surface area contributed by atoms with Crippen LogP contribution in [0, 0.1) is 0 Å². The Morgan fingerprint density at radius 2 is 2.20 bits per heavy atom. The molecule has 0 spiro atoms. The first-order chi connectivity index (χ1) is 7.11. The lowest BCUT2D eigenvalue weighted by Crippen LogP contribution is -2.24. The third-order valence-electron chi connectivity index (χ3n) is 2.19. The zero-order chi connectivity index (χ0) is 11.3. The van der Waals surface area contributed by atoms with Crippen LogP contribution in [0.3, 0.4) is 0 Å². The molecule has 1 amide bonds. The van der Waals surface area contributed by atoms with E-state index < -0.39 is 0 Å². The lowest BCUT2D eigenvalue weighted by molar-refractivity contribution is -0.117. The van der Waals surface area contributed by atoms with Crippen LogP contribution < -0.4 is 11.1 Å². The van der Waals surface area contributed by atoms with E-state index in [2.05, 4.69) is 5.32 Å². The minimum atomic E-state index is -0.297. The second kappa shape index (κ2) is 5.73. The molecule has 0 saturated heterocycles. The first-order valence-corrected chi connectivity index (χ1v) is 5.25. The molecule has 1 rings (SSSR count). The summed E-state index contributed by atoms with van der Waals surface area (Å²) in [5.74, 6) is -0.297. The maximum Gasteiger partial charge on any atom is 0.218 e. The van der Waals surface area contributed by atoms with Gasteiger partial charge in [-0.15, -0.1) is 0 Å². The standard InChI is InChI=1S/C11H15ClN2O/c1-8(14-7-6-11(13)15)9-4-2-3-5-10(9)12/h2-5,8,14H,6-7H2,1H3,(H2,13,15). The van der Waals surface area contributed by atoms with Crippen molar-refractivity contribution in [1.29, 1.82) is 0 Å². The maximum atomic E-state index is 10.5. The summed E-state index contributed by atoms with van der Waals surface area (Å²) in [7, 11) is 0. The Kier molecular flexibility index (Phi) is 4.59. The summed E-state index contributed by atoms with van der Waals surface area (Å²) < 4.78 is 0. The van der Waals surface area contributed by atoms with Gasteiger partial charge in [-0.05, 0) is 18.6 Å². The summed E-state index contributed by atoms with van der Waals surface area (Å²) in [6.07, 6.45) is 0.342. The van der Waals surface area contributed by atoms with Crippen molar-refractivity contribution in [3.63, 3.8) is 0 Å². The molecule has 1 unspecified atom stereocenters. The third-order valence-corrected chi connectivity index (χ3v) is 2.54. The van der Waals surface area contributed by atoms with E-state index in [0.29, 0.717) is 13.0 Å². The Hall–Kier alpha value is -1.06. The van der Waals surface area contributed by atoms with Crippen LogP contribution >= 0.6 is 11.6 Å². The highest BCUT2D eigenvalue weighted by Crippen LogP contribution is 2.21. The number of nitrogens with two attached hydrogens (primary N) is 1. The van der Waals surface area contributed by atoms with Crippen LogP contribution in [-0.4, -0.2) is 12.5 Å². The number of halogens is 1. The van der Waals surface area contributed by atoms with E-state index >= 15 is 0 Å². The fraction of sp³-hybridized carbons (Fsp3) is 0.364. The summed E-state index contributed by atoms with van der Waals surface area (Å²) in [4.78, 5) is 10.5. The number of benzene rings is 1. The Morgan fingerprint density at radius 3 is 2.80 bits per heavy atom. The molecule has 0 aromatic heterocycles.